The molecule has 0 bridgehead atoms. The Balaban J connectivity index is 1.58. The van der Waals surface area contributed by atoms with Crippen LogP contribution in [0.4, 0.5) is 0 Å². The summed E-state index contributed by atoms with van der Waals surface area (Å²) in [5.41, 5.74) is 3.41. The van der Waals surface area contributed by atoms with Crippen molar-refractivity contribution in [1.29, 1.82) is 0 Å². The Bertz CT molecular complexity index is 1420. The normalized spacial score (nSPS) is 15.1. The van der Waals surface area contributed by atoms with E-state index in [1.807, 2.05) is 41.7 Å². The maximum Gasteiger partial charge on any atom is 0.332 e. The predicted octanol–water partition coefficient (Wildman–Crippen LogP) is 1.34. The molecule has 0 aliphatic carbocycles. The summed E-state index contributed by atoms with van der Waals surface area (Å²) in [5, 5.41) is 0. The van der Waals surface area contributed by atoms with Crippen molar-refractivity contribution in [2.45, 2.75) is 33.4 Å². The smallest absolute Gasteiger partial charge is 0.332 e. The second-order valence-electron chi connectivity index (χ2n) is 8.73. The van der Waals surface area contributed by atoms with Crippen molar-refractivity contribution in [3.05, 3.63) is 68.1 Å². The third-order valence-electron chi connectivity index (χ3n) is 6.84. The van der Waals surface area contributed by atoms with E-state index in [1.165, 1.54) is 9.13 Å². The molecule has 0 spiro atoms. The molecule has 0 unspecified atom stereocenters. The first-order valence-corrected chi connectivity index (χ1v) is 11.5. The van der Waals surface area contributed by atoms with Gasteiger partial charge in [-0.1, -0.05) is 30.3 Å². The van der Waals surface area contributed by atoms with Crippen molar-refractivity contribution in [1.82, 2.24) is 28.0 Å². The number of morpholine rings is 1. The van der Waals surface area contributed by atoms with Gasteiger partial charge in [-0.2, -0.15) is 4.98 Å². The third kappa shape index (κ3) is 3.71. The summed E-state index contributed by atoms with van der Waals surface area (Å²) >= 11 is 0. The lowest BCUT2D eigenvalue weighted by molar-refractivity contribution is 0.0364. The van der Waals surface area contributed by atoms with Crippen LogP contribution in [-0.4, -0.2) is 60.8 Å². The van der Waals surface area contributed by atoms with Gasteiger partial charge in [0.15, 0.2) is 11.2 Å². The monoisotopic (exact) mass is 450 g/mol. The van der Waals surface area contributed by atoms with Gasteiger partial charge >= 0.3 is 5.69 Å². The van der Waals surface area contributed by atoms with E-state index >= 15 is 0 Å². The zero-order valence-electron chi connectivity index (χ0n) is 19.5. The fourth-order valence-electron chi connectivity index (χ4n) is 4.73. The van der Waals surface area contributed by atoms with Crippen LogP contribution < -0.4 is 11.2 Å². The summed E-state index contributed by atoms with van der Waals surface area (Å²) < 4.78 is 12.4. The van der Waals surface area contributed by atoms with Crippen molar-refractivity contribution >= 4 is 16.9 Å². The molecule has 0 N–H and O–H groups in total. The van der Waals surface area contributed by atoms with Gasteiger partial charge in [0.05, 0.1) is 13.2 Å². The van der Waals surface area contributed by atoms with Crippen molar-refractivity contribution in [2.24, 2.45) is 7.05 Å². The third-order valence-corrected chi connectivity index (χ3v) is 6.84. The van der Waals surface area contributed by atoms with Gasteiger partial charge < -0.3 is 9.30 Å². The second kappa shape index (κ2) is 8.64. The molecule has 0 atom stereocenters. The Kier molecular flexibility index (Phi) is 5.67. The molecule has 1 aliphatic heterocycles. The zero-order valence-corrected chi connectivity index (χ0v) is 19.5. The summed E-state index contributed by atoms with van der Waals surface area (Å²) in [4.78, 5) is 33.7. The molecule has 9 heteroatoms. The summed E-state index contributed by atoms with van der Waals surface area (Å²) in [6.07, 6.45) is 0.613. The lowest BCUT2D eigenvalue weighted by Gasteiger charge is -2.26. The van der Waals surface area contributed by atoms with Crippen LogP contribution in [0.3, 0.4) is 0 Å². The molecule has 3 aromatic heterocycles. The number of nitrogens with zero attached hydrogens (tertiary/aromatic N) is 6. The molecular weight excluding hydrogens is 420 g/mol. The summed E-state index contributed by atoms with van der Waals surface area (Å²) in [5.74, 6) is 0.709. The molecule has 1 fully saturated rings. The highest BCUT2D eigenvalue weighted by atomic mass is 16.5. The molecule has 0 saturated carbocycles. The van der Waals surface area contributed by atoms with Crippen LogP contribution in [0, 0.1) is 13.8 Å². The van der Waals surface area contributed by atoms with Crippen molar-refractivity contribution in [3.8, 4) is 0 Å². The lowest BCUT2D eigenvalue weighted by Crippen LogP contribution is -2.39. The second-order valence-corrected chi connectivity index (χ2v) is 8.73. The summed E-state index contributed by atoms with van der Waals surface area (Å²) in [6, 6.07) is 9.90. The Morgan fingerprint density at radius 2 is 1.67 bits per heavy atom. The number of ether oxygens (including phenoxy) is 1. The van der Waals surface area contributed by atoms with Crippen molar-refractivity contribution < 1.29 is 4.74 Å². The molecule has 4 heterocycles. The highest BCUT2D eigenvalue weighted by Gasteiger charge is 2.23. The molecule has 1 saturated heterocycles. The van der Waals surface area contributed by atoms with E-state index in [9.17, 15) is 9.59 Å². The molecule has 174 valence electrons. The quantitative estimate of drug-likeness (QED) is 0.443. The lowest BCUT2D eigenvalue weighted by atomic mass is 10.1. The largest absolute Gasteiger partial charge is 0.379 e. The number of aromatic nitrogens is 5. The predicted molar refractivity (Wildman–Crippen MR) is 127 cm³/mol. The summed E-state index contributed by atoms with van der Waals surface area (Å²) in [6.45, 7) is 9.42. The number of hydrogen-bond donors (Lipinski definition) is 0. The molecule has 1 aromatic carbocycles. The molecule has 4 aromatic rings. The van der Waals surface area contributed by atoms with Gasteiger partial charge in [0, 0.05) is 51.2 Å². The standard InChI is InChI=1S/C24H30N6O3/c1-17-18(2)30-20-21(25-23(30)28(17)12-11-27-13-15-33-16-14-27)26(3)24(32)29(22(20)31)10-9-19-7-5-4-6-8-19/h4-8H,9-16H2,1-3H3. The van der Waals surface area contributed by atoms with E-state index in [1.54, 1.807) is 7.05 Å². The van der Waals surface area contributed by atoms with Gasteiger partial charge in [-0.25, -0.2) is 4.79 Å². The van der Waals surface area contributed by atoms with Gasteiger partial charge in [0.1, 0.15) is 0 Å². The fourth-order valence-corrected chi connectivity index (χ4v) is 4.73. The van der Waals surface area contributed by atoms with E-state index in [0.717, 1.165) is 56.3 Å². The Morgan fingerprint density at radius 1 is 0.939 bits per heavy atom. The van der Waals surface area contributed by atoms with Crippen LogP contribution in [0.25, 0.3) is 16.9 Å². The highest BCUT2D eigenvalue weighted by molar-refractivity contribution is 5.76. The van der Waals surface area contributed by atoms with Crippen molar-refractivity contribution in [3.63, 3.8) is 0 Å². The molecule has 33 heavy (non-hydrogen) atoms. The number of fused-ring (bicyclic) bond motifs is 3. The van der Waals surface area contributed by atoms with Crippen LogP contribution in [0.1, 0.15) is 17.0 Å². The molecular formula is C24H30N6O3. The molecule has 0 amide bonds. The van der Waals surface area contributed by atoms with Crippen LogP contribution >= 0.6 is 0 Å². The fraction of sp³-hybridized carbons (Fsp3) is 0.458. The molecule has 5 rings (SSSR count). The van der Waals surface area contributed by atoms with E-state index in [-0.39, 0.29) is 11.2 Å². The zero-order chi connectivity index (χ0) is 23.1. The molecule has 0 radical (unpaired) electrons. The average molecular weight is 451 g/mol. The number of rotatable bonds is 6. The van der Waals surface area contributed by atoms with Gasteiger partial charge in [-0.3, -0.25) is 23.2 Å². The SMILES string of the molecule is Cc1c(C)n2c3c(=O)n(CCc4ccccc4)c(=O)n(C)c3nc2n1CCN1CCOCC1. The maximum absolute atomic E-state index is 13.5. The molecule has 9 nitrogen and oxygen atoms in total. The van der Waals surface area contributed by atoms with Crippen LogP contribution in [0.5, 0.6) is 0 Å². The molecule has 1 aliphatic rings. The van der Waals surface area contributed by atoms with Crippen LogP contribution in [0.2, 0.25) is 0 Å². The van der Waals surface area contributed by atoms with Crippen molar-refractivity contribution in [2.75, 3.05) is 32.8 Å². The minimum absolute atomic E-state index is 0.287. The van der Waals surface area contributed by atoms with Gasteiger partial charge in [0.2, 0.25) is 5.78 Å². The Hall–Kier alpha value is -3.17. The highest BCUT2D eigenvalue weighted by Crippen LogP contribution is 2.20. The number of imidazole rings is 2. The first kappa shape index (κ1) is 21.7. The van der Waals surface area contributed by atoms with E-state index in [2.05, 4.69) is 16.4 Å². The van der Waals surface area contributed by atoms with Crippen LogP contribution in [-0.2, 0) is 31.3 Å². The first-order valence-electron chi connectivity index (χ1n) is 11.5. The number of benzene rings is 1. The number of aryl methyl sites for hydroxylation is 3. The van der Waals surface area contributed by atoms with E-state index in [4.69, 9.17) is 9.72 Å². The van der Waals surface area contributed by atoms with Gasteiger partial charge in [-0.15, -0.1) is 0 Å². The average Bonchev–Trinajstić information content (AvgIpc) is 3.33. The minimum atomic E-state index is -0.335. The minimum Gasteiger partial charge on any atom is -0.379 e. The summed E-state index contributed by atoms with van der Waals surface area (Å²) in [7, 11) is 1.69. The first-order chi connectivity index (χ1) is 16.0. The van der Waals surface area contributed by atoms with E-state index < -0.39 is 0 Å². The van der Waals surface area contributed by atoms with Gasteiger partial charge in [-0.05, 0) is 25.8 Å². The topological polar surface area (TPSA) is 78.7 Å². The van der Waals surface area contributed by atoms with E-state index in [0.29, 0.717) is 29.9 Å². The Morgan fingerprint density at radius 3 is 2.39 bits per heavy atom. The number of hydrogen-bond acceptors (Lipinski definition) is 5. The Labute approximate surface area is 191 Å². The van der Waals surface area contributed by atoms with Gasteiger partial charge in [0.25, 0.3) is 5.56 Å². The van der Waals surface area contributed by atoms with Crippen LogP contribution in [0.15, 0.2) is 39.9 Å². The maximum atomic E-state index is 13.5.